The molecule has 32 heavy (non-hydrogen) atoms. The van der Waals surface area contributed by atoms with E-state index in [4.69, 9.17) is 4.98 Å². The second-order valence-corrected chi connectivity index (χ2v) is 8.36. The van der Waals surface area contributed by atoms with Crippen molar-refractivity contribution in [1.82, 2.24) is 33.9 Å². The third-order valence-corrected chi connectivity index (χ3v) is 6.37. The molecule has 0 aliphatic carbocycles. The van der Waals surface area contributed by atoms with Gasteiger partial charge in [-0.1, -0.05) is 55.4 Å². The highest BCUT2D eigenvalue weighted by Gasteiger charge is 2.19. The second kappa shape index (κ2) is 9.56. The Balaban J connectivity index is 1.70. The smallest absolute Gasteiger partial charge is 0.322 e. The van der Waals surface area contributed by atoms with E-state index in [2.05, 4.69) is 33.6 Å². The molecule has 10 heteroatoms. The maximum absolute atomic E-state index is 12.6. The van der Waals surface area contributed by atoms with E-state index in [0.717, 1.165) is 41.8 Å². The van der Waals surface area contributed by atoms with Gasteiger partial charge in [0.2, 0.25) is 0 Å². The summed E-state index contributed by atoms with van der Waals surface area (Å²) in [5.41, 5.74) is 1.11. The maximum Gasteiger partial charge on any atom is 0.330 e. The van der Waals surface area contributed by atoms with Crippen LogP contribution >= 0.6 is 11.8 Å². The van der Waals surface area contributed by atoms with Gasteiger partial charge in [-0.2, -0.15) is 0 Å². The van der Waals surface area contributed by atoms with Crippen molar-refractivity contribution in [3.63, 3.8) is 0 Å². The van der Waals surface area contributed by atoms with Crippen LogP contribution in [0.1, 0.15) is 39.4 Å². The zero-order valence-corrected chi connectivity index (χ0v) is 19.4. The van der Waals surface area contributed by atoms with Crippen LogP contribution in [-0.4, -0.2) is 33.9 Å². The SMILES string of the molecule is CCCCn1c(=O)[nH]c(=O)c2c1nc(CSc1nnc(-c3ccccc3)n1CC)n2CC. The molecule has 0 radical (unpaired) electrons. The fourth-order valence-corrected chi connectivity index (χ4v) is 4.75. The molecule has 0 spiro atoms. The molecule has 168 valence electrons. The molecule has 0 aliphatic heterocycles. The number of aromatic nitrogens is 7. The first-order chi connectivity index (χ1) is 15.6. The predicted octanol–water partition coefficient (Wildman–Crippen LogP) is 3.28. The van der Waals surface area contributed by atoms with Crippen molar-refractivity contribution in [2.45, 2.75) is 64.2 Å². The Morgan fingerprint density at radius 3 is 2.41 bits per heavy atom. The lowest BCUT2D eigenvalue weighted by Gasteiger charge is -2.08. The van der Waals surface area contributed by atoms with Crippen LogP contribution in [0.2, 0.25) is 0 Å². The lowest BCUT2D eigenvalue weighted by Crippen LogP contribution is -2.31. The highest BCUT2D eigenvalue weighted by molar-refractivity contribution is 7.98. The summed E-state index contributed by atoms with van der Waals surface area (Å²) in [5.74, 6) is 2.07. The van der Waals surface area contributed by atoms with E-state index in [1.54, 1.807) is 4.57 Å². The quantitative estimate of drug-likeness (QED) is 0.390. The van der Waals surface area contributed by atoms with Crippen LogP contribution in [0.5, 0.6) is 0 Å². The standard InChI is InChI=1S/C22H27N7O2S/c1-4-7-13-29-19-17(20(30)24-21(29)31)27(5-2)16(23-19)14-32-22-26-25-18(28(22)6-3)15-11-9-8-10-12-15/h8-12H,4-7,13-14H2,1-3H3,(H,24,30,31). The number of aromatic amines is 1. The average Bonchev–Trinajstić information content (AvgIpc) is 3.39. The van der Waals surface area contributed by atoms with Crippen molar-refractivity contribution < 1.29 is 0 Å². The van der Waals surface area contributed by atoms with Gasteiger partial charge in [-0.25, -0.2) is 9.78 Å². The summed E-state index contributed by atoms with van der Waals surface area (Å²) in [6.45, 7) is 7.94. The van der Waals surface area contributed by atoms with Crippen molar-refractivity contribution in [3.8, 4) is 11.4 Å². The van der Waals surface area contributed by atoms with Gasteiger partial charge in [-0.3, -0.25) is 14.3 Å². The van der Waals surface area contributed by atoms with Crippen molar-refractivity contribution in [2.75, 3.05) is 0 Å². The van der Waals surface area contributed by atoms with Gasteiger partial charge in [0.25, 0.3) is 5.56 Å². The number of hydrogen-bond acceptors (Lipinski definition) is 6. The minimum absolute atomic E-state index is 0.397. The molecule has 0 saturated carbocycles. The molecular weight excluding hydrogens is 426 g/mol. The molecule has 0 atom stereocenters. The topological polar surface area (TPSA) is 103 Å². The first kappa shape index (κ1) is 22.1. The summed E-state index contributed by atoms with van der Waals surface area (Å²) in [7, 11) is 0. The van der Waals surface area contributed by atoms with E-state index in [1.165, 1.54) is 11.8 Å². The van der Waals surface area contributed by atoms with Gasteiger partial charge in [0.15, 0.2) is 22.1 Å². The molecule has 3 heterocycles. The molecule has 0 bridgehead atoms. The van der Waals surface area contributed by atoms with Crippen LogP contribution in [0.15, 0.2) is 45.1 Å². The first-order valence-corrected chi connectivity index (χ1v) is 11.9. The number of imidazole rings is 1. The fourth-order valence-electron chi connectivity index (χ4n) is 3.80. The zero-order chi connectivity index (χ0) is 22.7. The van der Waals surface area contributed by atoms with Crippen molar-refractivity contribution >= 4 is 22.9 Å². The number of hydrogen-bond donors (Lipinski definition) is 1. The number of nitrogens with one attached hydrogen (secondary N) is 1. The average molecular weight is 454 g/mol. The number of rotatable bonds is 9. The summed E-state index contributed by atoms with van der Waals surface area (Å²) in [6.07, 6.45) is 1.78. The minimum Gasteiger partial charge on any atom is -0.322 e. The number of aryl methyl sites for hydroxylation is 2. The highest BCUT2D eigenvalue weighted by Crippen LogP contribution is 2.27. The molecule has 0 fully saturated rings. The summed E-state index contributed by atoms with van der Waals surface area (Å²) in [4.78, 5) is 32.2. The van der Waals surface area contributed by atoms with Gasteiger partial charge in [0, 0.05) is 25.2 Å². The molecule has 4 rings (SSSR count). The molecular formula is C22H27N7O2S. The van der Waals surface area contributed by atoms with Crippen molar-refractivity contribution in [1.29, 1.82) is 0 Å². The Labute approximate surface area is 189 Å². The van der Waals surface area contributed by atoms with Crippen LogP contribution < -0.4 is 11.2 Å². The molecule has 9 nitrogen and oxygen atoms in total. The van der Waals surface area contributed by atoms with Gasteiger partial charge >= 0.3 is 5.69 Å². The Morgan fingerprint density at radius 1 is 0.969 bits per heavy atom. The van der Waals surface area contributed by atoms with E-state index in [-0.39, 0.29) is 0 Å². The van der Waals surface area contributed by atoms with E-state index in [9.17, 15) is 9.59 Å². The third-order valence-electron chi connectivity index (χ3n) is 5.41. The van der Waals surface area contributed by atoms with Crippen LogP contribution in [-0.2, 0) is 25.4 Å². The van der Waals surface area contributed by atoms with Gasteiger partial charge in [0.05, 0.1) is 5.75 Å². The highest BCUT2D eigenvalue weighted by atomic mass is 32.2. The van der Waals surface area contributed by atoms with Crippen molar-refractivity contribution in [3.05, 3.63) is 57.0 Å². The van der Waals surface area contributed by atoms with Crippen LogP contribution in [0.3, 0.4) is 0 Å². The van der Waals surface area contributed by atoms with Crippen molar-refractivity contribution in [2.24, 2.45) is 0 Å². The van der Waals surface area contributed by atoms with E-state index in [0.29, 0.717) is 30.0 Å². The predicted molar refractivity (Wildman–Crippen MR) is 126 cm³/mol. The Morgan fingerprint density at radius 2 is 1.72 bits per heavy atom. The molecule has 0 unspecified atom stereocenters. The summed E-state index contributed by atoms with van der Waals surface area (Å²) < 4.78 is 5.53. The molecule has 1 N–H and O–H groups in total. The normalized spacial score (nSPS) is 11.5. The summed E-state index contributed by atoms with van der Waals surface area (Å²) in [6, 6.07) is 9.97. The van der Waals surface area contributed by atoms with Gasteiger partial charge in [0.1, 0.15) is 5.82 Å². The lowest BCUT2D eigenvalue weighted by molar-refractivity contribution is 0.613. The largest absolute Gasteiger partial charge is 0.330 e. The first-order valence-electron chi connectivity index (χ1n) is 10.9. The van der Waals surface area contributed by atoms with Crippen LogP contribution in [0, 0.1) is 0 Å². The maximum atomic E-state index is 12.6. The monoisotopic (exact) mass is 453 g/mol. The fraction of sp³-hybridized carbons (Fsp3) is 0.409. The molecule has 0 aliphatic rings. The van der Waals surface area contributed by atoms with Crippen LogP contribution in [0.4, 0.5) is 0 Å². The number of thioether (sulfide) groups is 1. The second-order valence-electron chi connectivity index (χ2n) is 7.41. The van der Waals surface area contributed by atoms with Gasteiger partial charge < -0.3 is 9.13 Å². The molecule has 3 aromatic heterocycles. The molecule has 1 aromatic carbocycles. The van der Waals surface area contributed by atoms with E-state index in [1.807, 2.05) is 41.8 Å². The Hall–Kier alpha value is -3.14. The molecule has 4 aromatic rings. The molecule has 0 saturated heterocycles. The summed E-state index contributed by atoms with van der Waals surface area (Å²) in [5, 5.41) is 9.58. The zero-order valence-electron chi connectivity index (χ0n) is 18.5. The number of benzene rings is 1. The summed E-state index contributed by atoms with van der Waals surface area (Å²) >= 11 is 1.53. The lowest BCUT2D eigenvalue weighted by atomic mass is 10.2. The number of unbranched alkanes of at least 4 members (excludes halogenated alkanes) is 1. The minimum atomic E-state index is -0.408. The number of nitrogens with zero attached hydrogens (tertiary/aromatic N) is 6. The molecule has 0 amide bonds. The van der Waals surface area contributed by atoms with Gasteiger partial charge in [-0.15, -0.1) is 10.2 Å². The Bertz CT molecular complexity index is 1330. The number of H-pyrrole nitrogens is 1. The van der Waals surface area contributed by atoms with E-state index < -0.39 is 11.2 Å². The van der Waals surface area contributed by atoms with Gasteiger partial charge in [-0.05, 0) is 20.3 Å². The third kappa shape index (κ3) is 4.02. The van der Waals surface area contributed by atoms with Crippen LogP contribution in [0.25, 0.3) is 22.6 Å². The van der Waals surface area contributed by atoms with E-state index >= 15 is 0 Å². The Kier molecular flexibility index (Phi) is 6.59. The number of fused-ring (bicyclic) bond motifs is 1.